The second kappa shape index (κ2) is 5.73. The molecule has 0 spiro atoms. The number of alkyl halides is 2. The number of benzene rings is 1. The number of amides is 2. The van der Waals surface area contributed by atoms with Gasteiger partial charge in [0.05, 0.1) is 6.21 Å². The lowest BCUT2D eigenvalue weighted by molar-refractivity contribution is -0.0499. The van der Waals surface area contributed by atoms with Crippen molar-refractivity contribution in [2.24, 2.45) is 10.8 Å². The van der Waals surface area contributed by atoms with Crippen LogP contribution in [0.1, 0.15) is 5.56 Å². The molecule has 3 N–H and O–H groups in total. The predicted molar refractivity (Wildman–Crippen MR) is 53.3 cm³/mol. The first-order valence-corrected chi connectivity index (χ1v) is 4.31. The van der Waals surface area contributed by atoms with E-state index in [-0.39, 0.29) is 11.3 Å². The van der Waals surface area contributed by atoms with Crippen LogP contribution >= 0.6 is 0 Å². The molecule has 0 aliphatic rings. The van der Waals surface area contributed by atoms with Crippen molar-refractivity contribution in [1.29, 1.82) is 0 Å². The number of hydrogen-bond acceptors (Lipinski definition) is 3. The fourth-order valence-corrected chi connectivity index (χ4v) is 1.00. The Hall–Kier alpha value is -2.25. The Kier molecular flexibility index (Phi) is 4.32. The Balaban J connectivity index is 2.81. The van der Waals surface area contributed by atoms with Crippen LogP contribution < -0.4 is 15.9 Å². The molecule has 8 heteroatoms. The molecular formula is C9H8F3N3O2. The van der Waals surface area contributed by atoms with E-state index in [9.17, 15) is 18.0 Å². The molecular weight excluding hydrogens is 239 g/mol. The van der Waals surface area contributed by atoms with Crippen LogP contribution in [0.25, 0.3) is 0 Å². The number of nitrogens with zero attached hydrogens (tertiary/aromatic N) is 1. The average molecular weight is 247 g/mol. The maximum atomic E-state index is 13.0. The molecule has 0 heterocycles. The van der Waals surface area contributed by atoms with Gasteiger partial charge in [0.2, 0.25) is 0 Å². The monoisotopic (exact) mass is 247 g/mol. The van der Waals surface area contributed by atoms with Crippen LogP contribution in [-0.4, -0.2) is 18.9 Å². The number of hydrazone groups is 1. The van der Waals surface area contributed by atoms with Gasteiger partial charge in [0.1, 0.15) is 11.6 Å². The van der Waals surface area contributed by atoms with Crippen molar-refractivity contribution in [3.8, 4) is 5.75 Å². The van der Waals surface area contributed by atoms with E-state index in [1.54, 1.807) is 0 Å². The Morgan fingerprint density at radius 2 is 2.18 bits per heavy atom. The summed E-state index contributed by atoms with van der Waals surface area (Å²) in [5, 5.41) is 3.34. The summed E-state index contributed by atoms with van der Waals surface area (Å²) < 4.78 is 40.8. The van der Waals surface area contributed by atoms with Gasteiger partial charge in [-0.3, -0.25) is 0 Å². The van der Waals surface area contributed by atoms with Crippen molar-refractivity contribution < 1.29 is 22.7 Å². The maximum absolute atomic E-state index is 13.0. The predicted octanol–water partition coefficient (Wildman–Crippen LogP) is 1.43. The SMILES string of the molecule is NC(=O)NN=Cc1cc(F)cc(OC(F)F)c1. The zero-order valence-electron chi connectivity index (χ0n) is 8.36. The third-order valence-corrected chi connectivity index (χ3v) is 1.51. The van der Waals surface area contributed by atoms with Crippen molar-refractivity contribution in [2.75, 3.05) is 0 Å². The van der Waals surface area contributed by atoms with Crippen molar-refractivity contribution >= 4 is 12.2 Å². The summed E-state index contributed by atoms with van der Waals surface area (Å²) in [6.45, 7) is -3.05. The molecule has 0 saturated heterocycles. The van der Waals surface area contributed by atoms with Gasteiger partial charge >= 0.3 is 12.6 Å². The number of carbonyl (C=O) groups is 1. The van der Waals surface area contributed by atoms with Gasteiger partial charge in [0, 0.05) is 11.6 Å². The molecule has 0 unspecified atom stereocenters. The minimum absolute atomic E-state index is 0.134. The molecule has 1 rings (SSSR count). The van der Waals surface area contributed by atoms with Crippen LogP contribution in [0.2, 0.25) is 0 Å². The van der Waals surface area contributed by atoms with Gasteiger partial charge in [-0.2, -0.15) is 13.9 Å². The zero-order valence-corrected chi connectivity index (χ0v) is 8.36. The first-order valence-electron chi connectivity index (χ1n) is 4.31. The fraction of sp³-hybridized carbons (Fsp3) is 0.111. The standard InChI is InChI=1S/C9H8F3N3O2/c10-6-1-5(4-14-15-9(13)16)2-7(3-6)17-8(11)12/h1-4,8H,(H3,13,15,16). The van der Waals surface area contributed by atoms with Crippen molar-refractivity contribution in [2.45, 2.75) is 6.61 Å². The molecule has 0 fully saturated rings. The van der Waals surface area contributed by atoms with Crippen LogP contribution in [0.4, 0.5) is 18.0 Å². The molecule has 0 aliphatic carbocycles. The first kappa shape index (κ1) is 12.8. The number of rotatable bonds is 4. The third-order valence-electron chi connectivity index (χ3n) is 1.51. The van der Waals surface area contributed by atoms with E-state index in [2.05, 4.69) is 9.84 Å². The highest BCUT2D eigenvalue weighted by Crippen LogP contribution is 2.17. The van der Waals surface area contributed by atoms with Gasteiger partial charge in [-0.1, -0.05) is 0 Å². The molecule has 0 aliphatic heterocycles. The van der Waals surface area contributed by atoms with Crippen LogP contribution in [0.3, 0.4) is 0 Å². The zero-order chi connectivity index (χ0) is 12.8. The molecule has 1 aromatic carbocycles. The highest BCUT2D eigenvalue weighted by atomic mass is 19.3. The largest absolute Gasteiger partial charge is 0.435 e. The molecule has 1 aromatic rings. The lowest BCUT2D eigenvalue weighted by atomic mass is 10.2. The van der Waals surface area contributed by atoms with E-state index >= 15 is 0 Å². The first-order chi connectivity index (χ1) is 7.97. The summed E-state index contributed by atoms with van der Waals surface area (Å²) in [5.74, 6) is -1.12. The van der Waals surface area contributed by atoms with Crippen molar-refractivity contribution in [1.82, 2.24) is 5.43 Å². The number of urea groups is 1. The minimum atomic E-state index is -3.05. The lowest BCUT2D eigenvalue weighted by Crippen LogP contribution is -2.24. The number of halogens is 3. The Morgan fingerprint density at radius 1 is 1.47 bits per heavy atom. The van der Waals surface area contributed by atoms with E-state index < -0.39 is 18.5 Å². The fourth-order valence-electron chi connectivity index (χ4n) is 1.00. The number of hydrogen-bond donors (Lipinski definition) is 2. The van der Waals surface area contributed by atoms with Gasteiger partial charge in [-0.25, -0.2) is 14.6 Å². The summed E-state index contributed by atoms with van der Waals surface area (Å²) in [6, 6.07) is 2.04. The van der Waals surface area contributed by atoms with Crippen LogP contribution in [-0.2, 0) is 0 Å². The van der Waals surface area contributed by atoms with E-state index in [1.165, 1.54) is 0 Å². The summed E-state index contributed by atoms with van der Waals surface area (Å²) in [4.78, 5) is 10.3. The minimum Gasteiger partial charge on any atom is -0.435 e. The Bertz CT molecular complexity index is 437. The van der Waals surface area contributed by atoms with Crippen LogP contribution in [0.15, 0.2) is 23.3 Å². The van der Waals surface area contributed by atoms with E-state index in [0.29, 0.717) is 0 Å². The van der Waals surface area contributed by atoms with E-state index in [4.69, 9.17) is 5.73 Å². The number of primary amides is 1. The van der Waals surface area contributed by atoms with Crippen molar-refractivity contribution in [3.05, 3.63) is 29.6 Å². The van der Waals surface area contributed by atoms with Crippen LogP contribution in [0.5, 0.6) is 5.75 Å². The lowest BCUT2D eigenvalue weighted by Gasteiger charge is -2.05. The average Bonchev–Trinajstić information content (AvgIpc) is 2.14. The van der Waals surface area contributed by atoms with Gasteiger partial charge in [-0.05, 0) is 12.1 Å². The molecule has 0 radical (unpaired) electrons. The third kappa shape index (κ3) is 4.87. The summed E-state index contributed by atoms with van der Waals surface area (Å²) >= 11 is 0. The van der Waals surface area contributed by atoms with Gasteiger partial charge in [-0.15, -0.1) is 0 Å². The van der Waals surface area contributed by atoms with Crippen molar-refractivity contribution in [3.63, 3.8) is 0 Å². The molecule has 17 heavy (non-hydrogen) atoms. The van der Waals surface area contributed by atoms with E-state index in [1.807, 2.05) is 5.43 Å². The number of nitrogens with two attached hydrogens (primary N) is 1. The maximum Gasteiger partial charge on any atom is 0.387 e. The summed E-state index contributed by atoms with van der Waals surface area (Å²) in [7, 11) is 0. The molecule has 92 valence electrons. The molecule has 0 aromatic heterocycles. The molecule has 5 nitrogen and oxygen atoms in total. The molecule has 0 atom stereocenters. The number of carbonyl (C=O) groups excluding carboxylic acids is 1. The highest BCUT2D eigenvalue weighted by Gasteiger charge is 2.06. The summed E-state index contributed by atoms with van der Waals surface area (Å²) in [5.41, 5.74) is 6.72. The molecule has 2 amide bonds. The smallest absolute Gasteiger partial charge is 0.387 e. The van der Waals surface area contributed by atoms with Gasteiger partial charge < -0.3 is 10.5 Å². The normalized spacial score (nSPS) is 10.8. The highest BCUT2D eigenvalue weighted by molar-refractivity contribution is 5.82. The van der Waals surface area contributed by atoms with Crippen LogP contribution in [0, 0.1) is 5.82 Å². The van der Waals surface area contributed by atoms with Gasteiger partial charge in [0.25, 0.3) is 0 Å². The summed E-state index contributed by atoms with van der Waals surface area (Å²) in [6.07, 6.45) is 1.03. The molecule has 0 bridgehead atoms. The topological polar surface area (TPSA) is 76.7 Å². The Morgan fingerprint density at radius 3 is 2.76 bits per heavy atom. The Labute approximate surface area is 94.1 Å². The number of ether oxygens (including phenoxy) is 1. The van der Waals surface area contributed by atoms with E-state index in [0.717, 1.165) is 24.4 Å². The molecule has 0 saturated carbocycles. The second-order valence-electron chi connectivity index (χ2n) is 2.83. The van der Waals surface area contributed by atoms with Gasteiger partial charge in [0.15, 0.2) is 0 Å². The quantitative estimate of drug-likeness (QED) is 0.623. The number of nitrogens with one attached hydrogen (secondary N) is 1. The second-order valence-corrected chi connectivity index (χ2v) is 2.83.